The minimum absolute atomic E-state index is 0.109. The van der Waals surface area contributed by atoms with Crippen molar-refractivity contribution in [3.05, 3.63) is 23.8 Å². The average molecular weight is 316 g/mol. The van der Waals surface area contributed by atoms with E-state index in [1.54, 1.807) is 23.9 Å². The zero-order valence-electron chi connectivity index (χ0n) is 12.1. The molecule has 1 aromatic rings. The maximum absolute atomic E-state index is 12.1. The van der Waals surface area contributed by atoms with Crippen molar-refractivity contribution in [3.63, 3.8) is 0 Å². The number of amides is 1. The second-order valence-corrected chi connectivity index (χ2v) is 7.69. The van der Waals surface area contributed by atoms with Crippen LogP contribution < -0.4 is 5.32 Å². The third-order valence-corrected chi connectivity index (χ3v) is 5.22. The highest BCUT2D eigenvalue weighted by Gasteiger charge is 2.18. The first-order chi connectivity index (χ1) is 9.28. The largest absolute Gasteiger partial charge is 0.326 e. The lowest BCUT2D eigenvalue weighted by atomic mass is 10.2. The van der Waals surface area contributed by atoms with Gasteiger partial charge in [0.15, 0.2) is 0 Å². The molecule has 0 atom stereocenters. The number of carbonyl (C=O) groups is 1. The minimum Gasteiger partial charge on any atom is -0.326 e. The summed E-state index contributed by atoms with van der Waals surface area (Å²) >= 11 is 1.59. The first-order valence-electron chi connectivity index (χ1n) is 6.11. The Morgan fingerprint density at radius 2 is 2.00 bits per heavy atom. The summed E-state index contributed by atoms with van der Waals surface area (Å²) in [5.74, 6) is 0.627. The molecule has 0 spiro atoms. The Bertz CT molecular complexity index is 583. The number of anilines is 1. The fourth-order valence-corrected chi connectivity index (χ4v) is 2.83. The van der Waals surface area contributed by atoms with Crippen LogP contribution in [-0.4, -0.2) is 44.7 Å². The molecular weight excluding hydrogens is 296 g/mol. The van der Waals surface area contributed by atoms with Crippen LogP contribution in [0.5, 0.6) is 0 Å². The van der Waals surface area contributed by atoms with Crippen LogP contribution in [-0.2, 0) is 14.8 Å². The molecule has 20 heavy (non-hydrogen) atoms. The summed E-state index contributed by atoms with van der Waals surface area (Å²) in [4.78, 5) is 11.9. The van der Waals surface area contributed by atoms with Gasteiger partial charge in [-0.3, -0.25) is 4.79 Å². The molecule has 5 nitrogen and oxygen atoms in total. The lowest BCUT2D eigenvalue weighted by Crippen LogP contribution is -2.22. The first kappa shape index (κ1) is 17.0. The molecule has 0 aliphatic carbocycles. The van der Waals surface area contributed by atoms with E-state index in [2.05, 4.69) is 5.32 Å². The van der Waals surface area contributed by atoms with Crippen LogP contribution in [0, 0.1) is 6.92 Å². The minimum atomic E-state index is -3.49. The van der Waals surface area contributed by atoms with E-state index in [1.165, 1.54) is 20.2 Å². The van der Waals surface area contributed by atoms with Crippen molar-refractivity contribution in [2.45, 2.75) is 18.2 Å². The maximum Gasteiger partial charge on any atom is 0.242 e. The summed E-state index contributed by atoms with van der Waals surface area (Å²) in [6, 6.07) is 4.74. The van der Waals surface area contributed by atoms with Crippen LogP contribution in [0.4, 0.5) is 5.69 Å². The average Bonchev–Trinajstić information content (AvgIpc) is 2.38. The molecule has 7 heteroatoms. The number of nitrogens with one attached hydrogen (secondary N) is 1. The number of nitrogens with zero attached hydrogens (tertiary/aromatic N) is 1. The van der Waals surface area contributed by atoms with Crippen molar-refractivity contribution in [1.82, 2.24) is 4.31 Å². The van der Waals surface area contributed by atoms with E-state index in [9.17, 15) is 13.2 Å². The second-order valence-electron chi connectivity index (χ2n) is 4.56. The number of hydrogen-bond donors (Lipinski definition) is 1. The summed E-state index contributed by atoms with van der Waals surface area (Å²) < 4.78 is 25.3. The molecule has 1 amide bonds. The fraction of sp³-hybridized carbons (Fsp3) is 0.462. The predicted octanol–water partition coefficient (Wildman–Crippen LogP) is 1.94. The van der Waals surface area contributed by atoms with E-state index >= 15 is 0 Å². The Morgan fingerprint density at radius 3 is 2.55 bits per heavy atom. The number of aryl methyl sites for hydroxylation is 1. The van der Waals surface area contributed by atoms with Gasteiger partial charge in [0.25, 0.3) is 0 Å². The Hall–Kier alpha value is -1.05. The topological polar surface area (TPSA) is 66.5 Å². The van der Waals surface area contributed by atoms with E-state index in [1.807, 2.05) is 13.2 Å². The molecule has 0 aliphatic heterocycles. The highest BCUT2D eigenvalue weighted by Crippen LogP contribution is 2.22. The third-order valence-electron chi connectivity index (χ3n) is 2.79. The molecule has 0 aliphatic rings. The van der Waals surface area contributed by atoms with E-state index in [0.717, 1.165) is 15.6 Å². The number of benzene rings is 1. The molecule has 112 valence electrons. The molecule has 0 heterocycles. The van der Waals surface area contributed by atoms with Crippen LogP contribution in [0.15, 0.2) is 23.1 Å². The number of sulfonamides is 1. The van der Waals surface area contributed by atoms with Gasteiger partial charge in [-0.25, -0.2) is 12.7 Å². The highest BCUT2D eigenvalue weighted by molar-refractivity contribution is 7.98. The summed E-state index contributed by atoms with van der Waals surface area (Å²) in [6.45, 7) is 1.83. The number of hydrogen-bond acceptors (Lipinski definition) is 4. The van der Waals surface area contributed by atoms with Gasteiger partial charge < -0.3 is 5.32 Å². The predicted molar refractivity (Wildman–Crippen MR) is 83.7 cm³/mol. The van der Waals surface area contributed by atoms with Crippen molar-refractivity contribution in [2.24, 2.45) is 0 Å². The summed E-state index contributed by atoms with van der Waals surface area (Å²) in [7, 11) is -0.535. The molecule has 0 bridgehead atoms. The molecule has 0 radical (unpaired) electrons. The lowest BCUT2D eigenvalue weighted by molar-refractivity contribution is -0.115. The SMILES string of the molecule is CSCCC(=O)Nc1cc(S(=O)(=O)N(C)C)ccc1C. The Kier molecular flexibility index (Phi) is 6.04. The van der Waals surface area contributed by atoms with Crippen molar-refractivity contribution in [3.8, 4) is 0 Å². The number of carbonyl (C=O) groups excluding carboxylic acids is 1. The first-order valence-corrected chi connectivity index (χ1v) is 8.94. The zero-order chi connectivity index (χ0) is 15.3. The standard InChI is InChI=1S/C13H20N2O3S2/c1-10-5-6-11(20(17,18)15(2)3)9-12(10)14-13(16)7-8-19-4/h5-6,9H,7-8H2,1-4H3,(H,14,16). The number of thioether (sulfide) groups is 1. The van der Waals surface area contributed by atoms with E-state index < -0.39 is 10.0 Å². The van der Waals surface area contributed by atoms with Gasteiger partial charge in [-0.1, -0.05) is 6.07 Å². The lowest BCUT2D eigenvalue weighted by Gasteiger charge is -2.14. The van der Waals surface area contributed by atoms with Gasteiger partial charge in [0.2, 0.25) is 15.9 Å². The van der Waals surface area contributed by atoms with Crippen LogP contribution in [0.3, 0.4) is 0 Å². The maximum atomic E-state index is 12.1. The van der Waals surface area contributed by atoms with Gasteiger partial charge in [0.05, 0.1) is 4.90 Å². The zero-order valence-corrected chi connectivity index (χ0v) is 13.8. The van der Waals surface area contributed by atoms with E-state index in [0.29, 0.717) is 12.1 Å². The van der Waals surface area contributed by atoms with Gasteiger partial charge in [-0.2, -0.15) is 11.8 Å². The second kappa shape index (κ2) is 7.10. The third kappa shape index (κ3) is 4.22. The van der Waals surface area contributed by atoms with E-state index in [4.69, 9.17) is 0 Å². The normalized spacial score (nSPS) is 11.7. The molecule has 1 rings (SSSR count). The van der Waals surface area contributed by atoms with Gasteiger partial charge in [-0.05, 0) is 30.9 Å². The number of rotatable bonds is 6. The summed E-state index contributed by atoms with van der Waals surface area (Å²) in [5.41, 5.74) is 1.37. The van der Waals surface area contributed by atoms with E-state index in [-0.39, 0.29) is 10.8 Å². The Balaban J connectivity index is 3.01. The fourth-order valence-electron chi connectivity index (χ4n) is 1.51. The highest BCUT2D eigenvalue weighted by atomic mass is 32.2. The van der Waals surface area contributed by atoms with Crippen molar-refractivity contribution >= 4 is 33.4 Å². The molecule has 0 aromatic heterocycles. The van der Waals surface area contributed by atoms with Crippen LogP contribution in [0.2, 0.25) is 0 Å². The molecule has 0 unspecified atom stereocenters. The molecule has 0 saturated carbocycles. The van der Waals surface area contributed by atoms with Gasteiger partial charge in [0, 0.05) is 32.0 Å². The Morgan fingerprint density at radius 1 is 1.35 bits per heavy atom. The molecule has 0 fully saturated rings. The molecular formula is C13H20N2O3S2. The van der Waals surface area contributed by atoms with Crippen molar-refractivity contribution in [1.29, 1.82) is 0 Å². The van der Waals surface area contributed by atoms with Gasteiger partial charge >= 0.3 is 0 Å². The van der Waals surface area contributed by atoms with Crippen LogP contribution in [0.1, 0.15) is 12.0 Å². The molecule has 0 saturated heterocycles. The summed E-state index contributed by atoms with van der Waals surface area (Å²) in [5, 5.41) is 2.76. The monoisotopic (exact) mass is 316 g/mol. The molecule has 1 aromatic carbocycles. The van der Waals surface area contributed by atoms with Crippen LogP contribution >= 0.6 is 11.8 Å². The van der Waals surface area contributed by atoms with Crippen molar-refractivity contribution in [2.75, 3.05) is 31.4 Å². The smallest absolute Gasteiger partial charge is 0.242 e. The quantitative estimate of drug-likeness (QED) is 0.871. The molecule has 1 N–H and O–H groups in total. The van der Waals surface area contributed by atoms with Crippen molar-refractivity contribution < 1.29 is 13.2 Å². The van der Waals surface area contributed by atoms with Crippen LogP contribution in [0.25, 0.3) is 0 Å². The van der Waals surface area contributed by atoms with Gasteiger partial charge in [-0.15, -0.1) is 0 Å². The Labute approximate surface area is 124 Å². The van der Waals surface area contributed by atoms with Gasteiger partial charge in [0.1, 0.15) is 0 Å². The summed E-state index contributed by atoms with van der Waals surface area (Å²) in [6.07, 6.45) is 2.34.